The van der Waals surface area contributed by atoms with E-state index in [2.05, 4.69) is 20.3 Å². The zero-order valence-electron chi connectivity index (χ0n) is 16.7. The summed E-state index contributed by atoms with van der Waals surface area (Å²) < 4.78 is 5.54. The van der Waals surface area contributed by atoms with Gasteiger partial charge in [-0.05, 0) is 38.0 Å². The first kappa shape index (κ1) is 18.2. The predicted molar refractivity (Wildman–Crippen MR) is 109 cm³/mol. The fourth-order valence-electron chi connectivity index (χ4n) is 3.68. The molecule has 1 amide bonds. The van der Waals surface area contributed by atoms with Crippen LogP contribution in [-0.4, -0.2) is 42.5 Å². The van der Waals surface area contributed by atoms with Gasteiger partial charge < -0.3 is 9.42 Å². The van der Waals surface area contributed by atoms with Crippen molar-refractivity contribution >= 4 is 5.91 Å². The number of nitrogens with zero attached hydrogens (tertiary/aromatic N) is 6. The van der Waals surface area contributed by atoms with Crippen LogP contribution in [0.4, 0.5) is 0 Å². The average molecular weight is 400 g/mol. The first-order valence-corrected chi connectivity index (χ1v) is 9.80. The minimum Gasteiger partial charge on any atom is -0.337 e. The van der Waals surface area contributed by atoms with E-state index in [0.717, 1.165) is 23.1 Å². The van der Waals surface area contributed by atoms with Gasteiger partial charge in [0.2, 0.25) is 11.7 Å². The van der Waals surface area contributed by atoms with E-state index in [1.807, 2.05) is 56.3 Å². The SMILES string of the molecule is Cc1ccc(-n2nccn2)c(C(=O)N2CCC2c2nc(-c3ccccc3C)no2)c1. The molecule has 1 aliphatic rings. The van der Waals surface area contributed by atoms with Crippen molar-refractivity contribution in [3.8, 4) is 17.1 Å². The normalized spacial score (nSPS) is 15.8. The summed E-state index contributed by atoms with van der Waals surface area (Å²) in [7, 11) is 0. The molecule has 0 saturated carbocycles. The van der Waals surface area contributed by atoms with Gasteiger partial charge in [0.05, 0.1) is 23.6 Å². The van der Waals surface area contributed by atoms with E-state index in [1.165, 1.54) is 4.80 Å². The lowest BCUT2D eigenvalue weighted by atomic mass is 9.99. The van der Waals surface area contributed by atoms with E-state index in [9.17, 15) is 4.79 Å². The zero-order valence-corrected chi connectivity index (χ0v) is 16.7. The van der Waals surface area contributed by atoms with Crippen molar-refractivity contribution in [2.24, 2.45) is 0 Å². The number of amides is 1. The molecular weight excluding hydrogens is 380 g/mol. The summed E-state index contributed by atoms with van der Waals surface area (Å²) in [4.78, 5) is 21.2. The lowest BCUT2D eigenvalue weighted by molar-refractivity contribution is 0.0378. The average Bonchev–Trinajstić information content (AvgIpc) is 3.40. The Morgan fingerprint density at radius 3 is 2.63 bits per heavy atom. The quantitative estimate of drug-likeness (QED) is 0.521. The highest BCUT2D eigenvalue weighted by atomic mass is 16.5. The summed E-state index contributed by atoms with van der Waals surface area (Å²) in [5, 5.41) is 12.5. The molecule has 0 N–H and O–H groups in total. The third kappa shape index (κ3) is 3.06. The van der Waals surface area contributed by atoms with Crippen molar-refractivity contribution in [1.82, 2.24) is 30.0 Å². The van der Waals surface area contributed by atoms with E-state index < -0.39 is 0 Å². The molecule has 30 heavy (non-hydrogen) atoms. The standard InChI is InChI=1S/C22H20N6O2/c1-14-7-8-18(28-23-10-11-24-28)17(13-14)22(29)27-12-9-19(27)21-25-20(26-30-21)16-6-4-3-5-15(16)2/h3-8,10-11,13,19H,9,12H2,1-2H3. The fraction of sp³-hybridized carbons (Fsp3) is 0.227. The molecule has 8 nitrogen and oxygen atoms in total. The summed E-state index contributed by atoms with van der Waals surface area (Å²) in [5.41, 5.74) is 4.19. The lowest BCUT2D eigenvalue weighted by Gasteiger charge is -2.38. The molecule has 150 valence electrons. The van der Waals surface area contributed by atoms with Crippen molar-refractivity contribution < 1.29 is 9.32 Å². The summed E-state index contributed by atoms with van der Waals surface area (Å²) in [6.07, 6.45) is 3.96. The van der Waals surface area contributed by atoms with Crippen molar-refractivity contribution in [2.45, 2.75) is 26.3 Å². The molecule has 2 aromatic carbocycles. The maximum Gasteiger partial charge on any atom is 0.256 e. The molecule has 4 aromatic rings. The van der Waals surface area contributed by atoms with Crippen LogP contribution < -0.4 is 0 Å². The third-order valence-electron chi connectivity index (χ3n) is 5.41. The van der Waals surface area contributed by atoms with Crippen LogP contribution in [0.1, 0.15) is 39.8 Å². The van der Waals surface area contributed by atoms with Crippen LogP contribution in [0.2, 0.25) is 0 Å². The second kappa shape index (κ2) is 7.22. The van der Waals surface area contributed by atoms with E-state index in [4.69, 9.17) is 4.52 Å². The van der Waals surface area contributed by atoms with Crippen LogP contribution in [-0.2, 0) is 0 Å². The van der Waals surface area contributed by atoms with Gasteiger partial charge in [-0.25, -0.2) is 0 Å². The second-order valence-corrected chi connectivity index (χ2v) is 7.41. The number of carbonyl (C=O) groups excluding carboxylic acids is 1. The van der Waals surface area contributed by atoms with Gasteiger partial charge in [-0.1, -0.05) is 41.1 Å². The number of aromatic nitrogens is 5. The van der Waals surface area contributed by atoms with E-state index in [1.54, 1.807) is 17.3 Å². The van der Waals surface area contributed by atoms with Gasteiger partial charge in [0.15, 0.2) is 0 Å². The minimum absolute atomic E-state index is 0.0992. The molecule has 8 heteroatoms. The molecule has 1 saturated heterocycles. The number of likely N-dealkylation sites (tertiary alicyclic amines) is 1. The van der Waals surface area contributed by atoms with Gasteiger partial charge >= 0.3 is 0 Å². The summed E-state index contributed by atoms with van der Waals surface area (Å²) in [6, 6.07) is 13.3. The minimum atomic E-state index is -0.235. The van der Waals surface area contributed by atoms with E-state index >= 15 is 0 Å². The van der Waals surface area contributed by atoms with Crippen LogP contribution in [0, 0.1) is 13.8 Å². The topological polar surface area (TPSA) is 89.9 Å². The molecule has 0 radical (unpaired) electrons. The summed E-state index contributed by atoms with van der Waals surface area (Å²) in [6.45, 7) is 4.59. The molecule has 1 aliphatic heterocycles. The van der Waals surface area contributed by atoms with Crippen molar-refractivity contribution in [2.75, 3.05) is 6.54 Å². The highest BCUT2D eigenvalue weighted by Gasteiger charge is 2.39. The largest absolute Gasteiger partial charge is 0.337 e. The smallest absolute Gasteiger partial charge is 0.256 e. The van der Waals surface area contributed by atoms with Crippen LogP contribution >= 0.6 is 0 Å². The molecule has 1 unspecified atom stereocenters. The first-order valence-electron chi connectivity index (χ1n) is 9.80. The maximum absolute atomic E-state index is 13.4. The van der Waals surface area contributed by atoms with Gasteiger partial charge in [0, 0.05) is 12.1 Å². The molecule has 3 heterocycles. The third-order valence-corrected chi connectivity index (χ3v) is 5.41. The molecule has 1 fully saturated rings. The molecule has 5 rings (SSSR count). The molecule has 1 atom stereocenters. The molecule has 0 aliphatic carbocycles. The van der Waals surface area contributed by atoms with Crippen molar-refractivity contribution in [1.29, 1.82) is 0 Å². The lowest BCUT2D eigenvalue weighted by Crippen LogP contribution is -2.45. The van der Waals surface area contributed by atoms with E-state index in [0.29, 0.717) is 29.5 Å². The van der Waals surface area contributed by atoms with Crippen molar-refractivity contribution in [3.63, 3.8) is 0 Å². The number of rotatable bonds is 4. The summed E-state index contributed by atoms with van der Waals surface area (Å²) >= 11 is 0. The first-order chi connectivity index (χ1) is 14.6. The Morgan fingerprint density at radius 1 is 1.10 bits per heavy atom. The Morgan fingerprint density at radius 2 is 1.90 bits per heavy atom. The Bertz CT molecular complexity index is 1210. The Balaban J connectivity index is 1.44. The molecular formula is C22H20N6O2. The van der Waals surface area contributed by atoms with Crippen LogP contribution in [0.3, 0.4) is 0 Å². The summed E-state index contributed by atoms with van der Waals surface area (Å²) in [5.74, 6) is 0.900. The van der Waals surface area contributed by atoms with Gasteiger partial charge in [0.1, 0.15) is 6.04 Å². The van der Waals surface area contributed by atoms with E-state index in [-0.39, 0.29) is 11.9 Å². The van der Waals surface area contributed by atoms with Gasteiger partial charge in [-0.15, -0.1) is 0 Å². The number of hydrogen-bond acceptors (Lipinski definition) is 6. The number of benzene rings is 2. The van der Waals surface area contributed by atoms with Crippen molar-refractivity contribution in [3.05, 3.63) is 77.4 Å². The second-order valence-electron chi connectivity index (χ2n) is 7.41. The molecule has 0 spiro atoms. The Kier molecular flexibility index (Phi) is 4.39. The fourth-order valence-corrected chi connectivity index (χ4v) is 3.68. The molecule has 0 bridgehead atoms. The Hall–Kier alpha value is -3.81. The number of aryl methyl sites for hydroxylation is 2. The predicted octanol–water partition coefficient (Wildman–Crippen LogP) is 3.52. The number of carbonyl (C=O) groups is 1. The highest BCUT2D eigenvalue weighted by molar-refractivity contribution is 5.98. The zero-order chi connectivity index (χ0) is 20.7. The number of hydrogen-bond donors (Lipinski definition) is 0. The van der Waals surface area contributed by atoms with Gasteiger partial charge in [-0.3, -0.25) is 4.79 Å². The monoisotopic (exact) mass is 400 g/mol. The Labute approximate surface area is 173 Å². The maximum atomic E-state index is 13.4. The van der Waals surface area contributed by atoms with Gasteiger partial charge in [-0.2, -0.15) is 20.0 Å². The van der Waals surface area contributed by atoms with Crippen LogP contribution in [0.5, 0.6) is 0 Å². The van der Waals surface area contributed by atoms with Crippen LogP contribution in [0.25, 0.3) is 17.1 Å². The van der Waals surface area contributed by atoms with Crippen LogP contribution in [0.15, 0.2) is 59.4 Å². The highest BCUT2D eigenvalue weighted by Crippen LogP contribution is 2.35. The van der Waals surface area contributed by atoms with Gasteiger partial charge in [0.25, 0.3) is 5.91 Å². The molecule has 2 aromatic heterocycles.